The number of aromatic nitrogens is 1. The highest BCUT2D eigenvalue weighted by Gasteiger charge is 2.11. The average molecular weight is 391 g/mol. The minimum absolute atomic E-state index is 0.151. The molecule has 6 nitrogen and oxygen atoms in total. The number of benzene rings is 1. The molecule has 0 aliphatic carbocycles. The molecule has 0 unspecified atom stereocenters. The third-order valence-corrected chi connectivity index (χ3v) is 4.18. The van der Waals surface area contributed by atoms with E-state index in [2.05, 4.69) is 10.3 Å². The van der Waals surface area contributed by atoms with E-state index in [0.29, 0.717) is 34.3 Å². The summed E-state index contributed by atoms with van der Waals surface area (Å²) in [5.41, 5.74) is 2.66. The van der Waals surface area contributed by atoms with E-state index >= 15 is 0 Å². The summed E-state index contributed by atoms with van der Waals surface area (Å²) >= 11 is 6.22. The summed E-state index contributed by atoms with van der Waals surface area (Å²) in [6.07, 6.45) is 2.99. The van der Waals surface area contributed by atoms with Gasteiger partial charge in [-0.2, -0.15) is 0 Å². The number of pyridine rings is 1. The van der Waals surface area contributed by atoms with Crippen LogP contribution in [0.15, 0.2) is 29.1 Å². The van der Waals surface area contributed by atoms with Gasteiger partial charge < -0.3 is 19.8 Å². The van der Waals surface area contributed by atoms with Crippen molar-refractivity contribution < 1.29 is 14.3 Å². The molecule has 144 valence electrons. The van der Waals surface area contributed by atoms with Gasteiger partial charge in [-0.25, -0.2) is 0 Å². The van der Waals surface area contributed by atoms with Gasteiger partial charge in [-0.1, -0.05) is 11.6 Å². The second kappa shape index (κ2) is 9.28. The SMILES string of the molecule is CCOc1c(Cl)cc(/C=C/C(=O)NCc2c(C)cc(C)[nH]c2=O)cc1OC. The van der Waals surface area contributed by atoms with Crippen LogP contribution in [0.3, 0.4) is 0 Å². The Morgan fingerprint density at radius 3 is 2.67 bits per heavy atom. The van der Waals surface area contributed by atoms with E-state index in [-0.39, 0.29) is 18.0 Å². The Morgan fingerprint density at radius 2 is 2.04 bits per heavy atom. The van der Waals surface area contributed by atoms with Gasteiger partial charge >= 0.3 is 0 Å². The fourth-order valence-electron chi connectivity index (χ4n) is 2.63. The number of amides is 1. The Morgan fingerprint density at radius 1 is 1.30 bits per heavy atom. The highest BCUT2D eigenvalue weighted by molar-refractivity contribution is 6.32. The number of carbonyl (C=O) groups is 1. The number of hydrogen-bond donors (Lipinski definition) is 2. The Labute approximate surface area is 163 Å². The zero-order valence-corrected chi connectivity index (χ0v) is 16.6. The highest BCUT2D eigenvalue weighted by atomic mass is 35.5. The zero-order chi connectivity index (χ0) is 20.0. The normalized spacial score (nSPS) is 10.9. The van der Waals surface area contributed by atoms with E-state index < -0.39 is 0 Å². The van der Waals surface area contributed by atoms with Crippen molar-refractivity contribution in [2.24, 2.45) is 0 Å². The van der Waals surface area contributed by atoms with Crippen LogP contribution in [-0.2, 0) is 11.3 Å². The molecule has 0 saturated carbocycles. The van der Waals surface area contributed by atoms with Gasteiger partial charge in [0.05, 0.1) is 18.7 Å². The lowest BCUT2D eigenvalue weighted by atomic mass is 10.1. The summed E-state index contributed by atoms with van der Waals surface area (Å²) < 4.78 is 10.8. The molecular formula is C20H23ClN2O4. The molecule has 0 atom stereocenters. The number of hydrogen-bond acceptors (Lipinski definition) is 4. The first kappa shape index (κ1) is 20.6. The number of carbonyl (C=O) groups excluding carboxylic acids is 1. The molecule has 0 aliphatic rings. The first-order valence-electron chi connectivity index (χ1n) is 8.51. The van der Waals surface area contributed by atoms with Gasteiger partial charge in [0.1, 0.15) is 0 Å². The van der Waals surface area contributed by atoms with Crippen molar-refractivity contribution in [1.29, 1.82) is 0 Å². The molecule has 27 heavy (non-hydrogen) atoms. The maximum atomic E-state index is 12.1. The van der Waals surface area contributed by atoms with Gasteiger partial charge in [0, 0.05) is 23.9 Å². The lowest BCUT2D eigenvalue weighted by Crippen LogP contribution is -2.26. The summed E-state index contributed by atoms with van der Waals surface area (Å²) in [5, 5.41) is 3.11. The molecule has 7 heteroatoms. The van der Waals surface area contributed by atoms with E-state index in [0.717, 1.165) is 11.3 Å². The van der Waals surface area contributed by atoms with Crippen molar-refractivity contribution in [2.75, 3.05) is 13.7 Å². The van der Waals surface area contributed by atoms with Crippen LogP contribution >= 0.6 is 11.6 Å². The first-order valence-corrected chi connectivity index (χ1v) is 8.89. The van der Waals surface area contributed by atoms with Crippen LogP contribution in [0.4, 0.5) is 0 Å². The summed E-state index contributed by atoms with van der Waals surface area (Å²) in [4.78, 5) is 26.8. The molecule has 1 amide bonds. The number of H-pyrrole nitrogens is 1. The number of aryl methyl sites for hydroxylation is 2. The Balaban J connectivity index is 2.09. The van der Waals surface area contributed by atoms with Gasteiger partial charge in [-0.3, -0.25) is 9.59 Å². The van der Waals surface area contributed by atoms with Crippen molar-refractivity contribution in [1.82, 2.24) is 10.3 Å². The quantitative estimate of drug-likeness (QED) is 0.710. The van der Waals surface area contributed by atoms with Gasteiger partial charge in [-0.05, 0) is 56.2 Å². The summed E-state index contributed by atoms with van der Waals surface area (Å²) in [5.74, 6) is 0.641. The Kier molecular flexibility index (Phi) is 7.07. The average Bonchev–Trinajstić information content (AvgIpc) is 2.60. The van der Waals surface area contributed by atoms with Crippen LogP contribution in [0.5, 0.6) is 11.5 Å². The smallest absolute Gasteiger partial charge is 0.253 e. The lowest BCUT2D eigenvalue weighted by molar-refractivity contribution is -0.116. The molecule has 1 aromatic heterocycles. The third-order valence-electron chi connectivity index (χ3n) is 3.90. The van der Waals surface area contributed by atoms with E-state index in [9.17, 15) is 9.59 Å². The van der Waals surface area contributed by atoms with Crippen LogP contribution < -0.4 is 20.3 Å². The Hall–Kier alpha value is -2.73. The highest BCUT2D eigenvalue weighted by Crippen LogP contribution is 2.36. The molecule has 0 fully saturated rings. The van der Waals surface area contributed by atoms with Crippen LogP contribution in [0, 0.1) is 13.8 Å². The minimum atomic E-state index is -0.321. The maximum Gasteiger partial charge on any atom is 0.253 e. The van der Waals surface area contributed by atoms with E-state index in [1.165, 1.54) is 13.2 Å². The van der Waals surface area contributed by atoms with Crippen LogP contribution in [0.1, 0.15) is 29.3 Å². The molecule has 0 saturated heterocycles. The third kappa shape index (κ3) is 5.37. The number of rotatable bonds is 7. The summed E-state index contributed by atoms with van der Waals surface area (Å²) in [6.45, 7) is 6.13. The van der Waals surface area contributed by atoms with Crippen molar-refractivity contribution in [3.05, 3.63) is 62.0 Å². The van der Waals surface area contributed by atoms with Gasteiger partial charge in [0.2, 0.25) is 5.91 Å². The standard InChI is InChI=1S/C20H23ClN2O4/c1-5-27-19-16(21)9-14(10-17(19)26-4)6-7-18(24)22-11-15-12(2)8-13(3)23-20(15)25/h6-10H,5,11H2,1-4H3,(H,22,24)(H,23,25)/b7-6+. The predicted octanol–water partition coefficient (Wildman–Crippen LogP) is 3.38. The Bertz CT molecular complexity index is 919. The number of nitrogens with one attached hydrogen (secondary N) is 2. The van der Waals surface area contributed by atoms with Gasteiger partial charge in [0.15, 0.2) is 11.5 Å². The van der Waals surface area contributed by atoms with E-state index in [4.69, 9.17) is 21.1 Å². The van der Waals surface area contributed by atoms with Crippen molar-refractivity contribution in [3.8, 4) is 11.5 Å². The van der Waals surface area contributed by atoms with Crippen molar-refractivity contribution >= 4 is 23.6 Å². The number of methoxy groups -OCH3 is 1. The van der Waals surface area contributed by atoms with Crippen molar-refractivity contribution in [2.45, 2.75) is 27.3 Å². The molecule has 1 heterocycles. The largest absolute Gasteiger partial charge is 0.493 e. The monoisotopic (exact) mass is 390 g/mol. The number of halogens is 1. The van der Waals surface area contributed by atoms with E-state index in [1.54, 1.807) is 18.2 Å². The van der Waals surface area contributed by atoms with Gasteiger partial charge in [0.25, 0.3) is 5.56 Å². The molecule has 2 N–H and O–H groups in total. The lowest BCUT2D eigenvalue weighted by Gasteiger charge is -2.12. The molecule has 2 aromatic rings. The molecular weight excluding hydrogens is 368 g/mol. The minimum Gasteiger partial charge on any atom is -0.493 e. The topological polar surface area (TPSA) is 80.4 Å². The molecule has 0 aliphatic heterocycles. The molecule has 0 bridgehead atoms. The van der Waals surface area contributed by atoms with Crippen LogP contribution in [-0.4, -0.2) is 24.6 Å². The predicted molar refractivity (Wildman–Crippen MR) is 107 cm³/mol. The summed E-state index contributed by atoms with van der Waals surface area (Å²) in [6, 6.07) is 5.29. The van der Waals surface area contributed by atoms with Crippen LogP contribution in [0.2, 0.25) is 5.02 Å². The maximum absolute atomic E-state index is 12.1. The fourth-order valence-corrected chi connectivity index (χ4v) is 2.90. The second-order valence-corrected chi connectivity index (χ2v) is 6.37. The molecule has 0 spiro atoms. The summed E-state index contributed by atoms with van der Waals surface area (Å²) in [7, 11) is 1.52. The van der Waals surface area contributed by atoms with Crippen molar-refractivity contribution in [3.63, 3.8) is 0 Å². The number of aromatic amines is 1. The molecule has 2 rings (SSSR count). The molecule has 1 aromatic carbocycles. The zero-order valence-electron chi connectivity index (χ0n) is 15.8. The molecule has 0 radical (unpaired) electrons. The first-order chi connectivity index (χ1) is 12.8. The van der Waals surface area contributed by atoms with Crippen LogP contribution in [0.25, 0.3) is 6.08 Å². The van der Waals surface area contributed by atoms with Gasteiger partial charge in [-0.15, -0.1) is 0 Å². The number of ether oxygens (including phenoxy) is 2. The second-order valence-electron chi connectivity index (χ2n) is 5.96. The van der Waals surface area contributed by atoms with E-state index in [1.807, 2.05) is 26.8 Å². The fraction of sp³-hybridized carbons (Fsp3) is 0.300.